The molecule has 1 saturated heterocycles. The van der Waals surface area contributed by atoms with Crippen molar-refractivity contribution in [3.63, 3.8) is 0 Å². The SMILES string of the molecule is CC(C)Oc1ccc(F)c(F)c1[C@H]1NC(=S)C[C@@H](C2C=CC=C(Cl)C2)[C@]12C(=O)Nc1cc(Cl)ccc12. The third-order valence-corrected chi connectivity index (χ3v) is 7.93. The number of anilines is 1. The number of piperidine rings is 1. The van der Waals surface area contributed by atoms with E-state index >= 15 is 4.39 Å². The van der Waals surface area contributed by atoms with Gasteiger partial charge >= 0.3 is 0 Å². The summed E-state index contributed by atoms with van der Waals surface area (Å²) in [5, 5.41) is 7.24. The standard InChI is InChI=1S/C27H24Cl2F2N2O2S/c1-13(2)35-21-9-8-19(30)24(31)23(21)25-27(17-7-6-16(29)11-20(17)32-26(27)34)18(12-22(36)33-25)14-4-3-5-15(28)10-14/h3-9,11,13-14,18,25H,10,12H2,1-2H3,(H,32,34)(H,33,36)/t14?,18-,25+,27-/m0/s1. The monoisotopic (exact) mass is 548 g/mol. The quantitative estimate of drug-likeness (QED) is 0.405. The largest absolute Gasteiger partial charge is 0.491 e. The van der Waals surface area contributed by atoms with E-state index in [1.165, 1.54) is 6.07 Å². The molecule has 1 aliphatic carbocycles. The van der Waals surface area contributed by atoms with Crippen molar-refractivity contribution in [3.8, 4) is 5.75 Å². The van der Waals surface area contributed by atoms with Gasteiger partial charge in [-0.25, -0.2) is 8.78 Å². The van der Waals surface area contributed by atoms with Crippen molar-refractivity contribution >= 4 is 52.0 Å². The fourth-order valence-corrected chi connectivity index (χ4v) is 6.52. The molecule has 1 unspecified atom stereocenters. The molecule has 1 spiro atoms. The average molecular weight is 549 g/mol. The number of ether oxygens (including phenoxy) is 1. The molecule has 1 fully saturated rings. The molecule has 2 heterocycles. The van der Waals surface area contributed by atoms with Crippen LogP contribution in [0.15, 0.2) is 53.6 Å². The topological polar surface area (TPSA) is 50.4 Å². The molecule has 3 aliphatic rings. The second kappa shape index (κ2) is 9.43. The molecule has 0 aromatic heterocycles. The number of carbonyl (C=O) groups excluding carboxylic acids is 1. The van der Waals surface area contributed by atoms with Crippen LogP contribution in [0.3, 0.4) is 0 Å². The van der Waals surface area contributed by atoms with E-state index in [9.17, 15) is 9.18 Å². The number of hydrogen-bond donors (Lipinski definition) is 2. The van der Waals surface area contributed by atoms with Gasteiger partial charge in [-0.15, -0.1) is 0 Å². The number of halogens is 4. The number of rotatable bonds is 4. The Morgan fingerprint density at radius 3 is 2.67 bits per heavy atom. The highest BCUT2D eigenvalue weighted by molar-refractivity contribution is 7.80. The van der Waals surface area contributed by atoms with Gasteiger partial charge in [0.1, 0.15) is 11.2 Å². The van der Waals surface area contributed by atoms with E-state index in [1.807, 2.05) is 18.2 Å². The number of nitrogens with one attached hydrogen (secondary N) is 2. The molecule has 36 heavy (non-hydrogen) atoms. The lowest BCUT2D eigenvalue weighted by Gasteiger charge is -2.50. The Balaban J connectivity index is 1.80. The lowest BCUT2D eigenvalue weighted by Crippen LogP contribution is -2.59. The van der Waals surface area contributed by atoms with Crippen molar-refractivity contribution in [1.82, 2.24) is 5.32 Å². The molecule has 2 aliphatic heterocycles. The molecule has 0 bridgehead atoms. The first-order chi connectivity index (χ1) is 17.1. The number of benzene rings is 2. The van der Waals surface area contributed by atoms with Crippen LogP contribution in [-0.2, 0) is 10.2 Å². The van der Waals surface area contributed by atoms with Gasteiger partial charge in [-0.1, -0.05) is 53.6 Å². The Morgan fingerprint density at radius 2 is 1.94 bits per heavy atom. The van der Waals surface area contributed by atoms with E-state index in [4.69, 9.17) is 40.2 Å². The summed E-state index contributed by atoms with van der Waals surface area (Å²) in [5.41, 5.74) is -0.257. The Labute approximate surface area is 223 Å². The lowest BCUT2D eigenvalue weighted by molar-refractivity contribution is -0.125. The molecule has 4 atom stereocenters. The first kappa shape index (κ1) is 25.2. The number of allylic oxidation sites excluding steroid dienone is 4. The maximum atomic E-state index is 15.7. The van der Waals surface area contributed by atoms with Crippen molar-refractivity contribution < 1.29 is 18.3 Å². The summed E-state index contributed by atoms with van der Waals surface area (Å²) in [5.74, 6) is -2.90. The highest BCUT2D eigenvalue weighted by Crippen LogP contribution is 2.58. The Hall–Kier alpha value is -2.48. The summed E-state index contributed by atoms with van der Waals surface area (Å²) in [6.07, 6.45) is 6.21. The summed E-state index contributed by atoms with van der Waals surface area (Å²) >= 11 is 18.3. The number of fused-ring (bicyclic) bond motifs is 2. The zero-order valence-corrected chi connectivity index (χ0v) is 21.9. The molecule has 0 saturated carbocycles. The lowest BCUT2D eigenvalue weighted by atomic mass is 9.57. The molecular weight excluding hydrogens is 525 g/mol. The van der Waals surface area contributed by atoms with Crippen molar-refractivity contribution in [3.05, 3.63) is 81.4 Å². The van der Waals surface area contributed by atoms with Gasteiger partial charge in [-0.3, -0.25) is 4.79 Å². The van der Waals surface area contributed by atoms with Crippen LogP contribution in [-0.4, -0.2) is 17.0 Å². The highest BCUT2D eigenvalue weighted by atomic mass is 35.5. The molecular formula is C27H24Cl2F2N2O2S. The Bertz CT molecular complexity index is 1330. The number of thiocarbonyl (C=S) groups is 1. The van der Waals surface area contributed by atoms with Gasteiger partial charge < -0.3 is 15.4 Å². The number of carbonyl (C=O) groups is 1. The van der Waals surface area contributed by atoms with E-state index in [0.717, 1.165) is 6.07 Å². The molecule has 2 N–H and O–H groups in total. The van der Waals surface area contributed by atoms with E-state index in [2.05, 4.69) is 10.6 Å². The fraction of sp³-hybridized carbons (Fsp3) is 0.333. The third-order valence-electron chi connectivity index (χ3n) is 7.13. The smallest absolute Gasteiger partial charge is 0.237 e. The van der Waals surface area contributed by atoms with Crippen LogP contribution in [0, 0.1) is 23.5 Å². The maximum Gasteiger partial charge on any atom is 0.237 e. The predicted molar refractivity (Wildman–Crippen MR) is 142 cm³/mol. The van der Waals surface area contributed by atoms with Gasteiger partial charge in [0, 0.05) is 22.2 Å². The number of amides is 1. The fourth-order valence-electron chi connectivity index (χ4n) is 5.80. The molecule has 2 aromatic carbocycles. The van der Waals surface area contributed by atoms with Crippen molar-refractivity contribution in [2.75, 3.05) is 5.32 Å². The van der Waals surface area contributed by atoms with E-state index < -0.39 is 29.0 Å². The van der Waals surface area contributed by atoms with Gasteiger partial charge in [-0.2, -0.15) is 0 Å². The molecule has 0 radical (unpaired) electrons. The molecule has 5 rings (SSSR count). The Morgan fingerprint density at radius 1 is 1.17 bits per heavy atom. The second-order valence-corrected chi connectivity index (χ2v) is 11.0. The zero-order valence-electron chi connectivity index (χ0n) is 19.6. The first-order valence-corrected chi connectivity index (χ1v) is 12.9. The maximum absolute atomic E-state index is 15.7. The summed E-state index contributed by atoms with van der Waals surface area (Å²) in [6.45, 7) is 3.59. The third kappa shape index (κ3) is 4.01. The normalized spacial score (nSPS) is 27.1. The van der Waals surface area contributed by atoms with Crippen LogP contribution in [0.2, 0.25) is 5.02 Å². The predicted octanol–water partition coefficient (Wildman–Crippen LogP) is 6.97. The van der Waals surface area contributed by atoms with Gasteiger partial charge in [-0.05, 0) is 68.0 Å². The minimum atomic E-state index is -1.35. The average Bonchev–Trinajstić information content (AvgIpc) is 3.09. The van der Waals surface area contributed by atoms with E-state index in [0.29, 0.717) is 39.1 Å². The summed E-state index contributed by atoms with van der Waals surface area (Å²) in [7, 11) is 0. The molecule has 2 aromatic rings. The minimum Gasteiger partial charge on any atom is -0.491 e. The molecule has 4 nitrogen and oxygen atoms in total. The summed E-state index contributed by atoms with van der Waals surface area (Å²) in [6, 6.07) is 6.51. The molecule has 9 heteroatoms. The van der Waals surface area contributed by atoms with Crippen LogP contribution in [0.25, 0.3) is 0 Å². The van der Waals surface area contributed by atoms with Crippen LogP contribution in [0.1, 0.15) is 43.9 Å². The highest BCUT2D eigenvalue weighted by Gasteiger charge is 2.62. The van der Waals surface area contributed by atoms with E-state index in [1.54, 1.807) is 32.0 Å². The number of hydrogen-bond acceptors (Lipinski definition) is 3. The van der Waals surface area contributed by atoms with Crippen molar-refractivity contribution in [1.29, 1.82) is 0 Å². The zero-order chi connectivity index (χ0) is 25.8. The molecule has 188 valence electrons. The van der Waals surface area contributed by atoms with Gasteiger partial charge in [0.25, 0.3) is 0 Å². The van der Waals surface area contributed by atoms with Crippen LogP contribution < -0.4 is 15.4 Å². The van der Waals surface area contributed by atoms with Crippen LogP contribution in [0.5, 0.6) is 5.75 Å². The van der Waals surface area contributed by atoms with Crippen LogP contribution >= 0.6 is 35.4 Å². The van der Waals surface area contributed by atoms with Crippen LogP contribution in [0.4, 0.5) is 14.5 Å². The molecule has 1 amide bonds. The Kier molecular flexibility index (Phi) is 6.60. The first-order valence-electron chi connectivity index (χ1n) is 11.7. The van der Waals surface area contributed by atoms with Gasteiger partial charge in [0.2, 0.25) is 5.91 Å². The second-order valence-electron chi connectivity index (χ2n) is 9.63. The van der Waals surface area contributed by atoms with Gasteiger partial charge in [0.05, 0.1) is 22.7 Å². The summed E-state index contributed by atoms with van der Waals surface area (Å²) in [4.78, 5) is 14.6. The van der Waals surface area contributed by atoms with E-state index in [-0.39, 0.29) is 29.2 Å². The summed E-state index contributed by atoms with van der Waals surface area (Å²) < 4.78 is 36.4. The van der Waals surface area contributed by atoms with Gasteiger partial charge in [0.15, 0.2) is 11.6 Å². The van der Waals surface area contributed by atoms with Crippen molar-refractivity contribution in [2.24, 2.45) is 11.8 Å². The minimum absolute atomic E-state index is 0.0740. The van der Waals surface area contributed by atoms with Crippen molar-refractivity contribution in [2.45, 2.75) is 44.2 Å².